The van der Waals surface area contributed by atoms with E-state index < -0.39 is 10.0 Å². The van der Waals surface area contributed by atoms with Crippen molar-refractivity contribution in [2.75, 3.05) is 18.4 Å². The van der Waals surface area contributed by atoms with Gasteiger partial charge in [-0.2, -0.15) is 4.31 Å². The van der Waals surface area contributed by atoms with Gasteiger partial charge in [0.1, 0.15) is 0 Å². The van der Waals surface area contributed by atoms with Crippen LogP contribution in [0.5, 0.6) is 0 Å². The van der Waals surface area contributed by atoms with Crippen LogP contribution in [-0.2, 0) is 14.8 Å². The summed E-state index contributed by atoms with van der Waals surface area (Å²) in [6, 6.07) is 5.01. The highest BCUT2D eigenvalue weighted by Crippen LogP contribution is 2.23. The molecule has 0 aliphatic rings. The molecule has 0 fully saturated rings. The molecular weight excluding hydrogens is 300 g/mol. The Morgan fingerprint density at radius 2 is 1.82 bits per heavy atom. The number of amides is 1. The molecule has 1 N–H and O–H groups in total. The number of aryl methyl sites for hydroxylation is 1. The first-order chi connectivity index (χ1) is 10.4. The third-order valence-corrected chi connectivity index (χ3v) is 5.74. The van der Waals surface area contributed by atoms with Crippen LogP contribution < -0.4 is 5.32 Å². The fraction of sp³-hybridized carbons (Fsp3) is 0.562. The number of anilines is 1. The van der Waals surface area contributed by atoms with Gasteiger partial charge >= 0.3 is 0 Å². The summed E-state index contributed by atoms with van der Waals surface area (Å²) in [7, 11) is -3.53. The standard InChI is InChI=1S/C16H26N2O3S/c1-5-8-9-16(19)17-14-11-10-13(4)15(12-14)22(20,21)18(6-2)7-3/h10-12H,5-9H2,1-4H3,(H,17,19). The van der Waals surface area contributed by atoms with Crippen molar-refractivity contribution in [2.24, 2.45) is 0 Å². The van der Waals surface area contributed by atoms with E-state index in [0.29, 0.717) is 30.8 Å². The molecule has 6 heteroatoms. The highest BCUT2D eigenvalue weighted by Gasteiger charge is 2.23. The molecular formula is C16H26N2O3S. The molecule has 1 aromatic rings. The Morgan fingerprint density at radius 1 is 1.18 bits per heavy atom. The van der Waals surface area contributed by atoms with E-state index in [0.717, 1.165) is 12.8 Å². The third-order valence-electron chi connectivity index (χ3n) is 3.55. The number of benzene rings is 1. The van der Waals surface area contributed by atoms with Gasteiger partial charge in [0.15, 0.2) is 0 Å². The Kier molecular flexibility index (Phi) is 7.03. The smallest absolute Gasteiger partial charge is 0.243 e. The van der Waals surface area contributed by atoms with Crippen LogP contribution >= 0.6 is 0 Å². The van der Waals surface area contributed by atoms with E-state index in [1.165, 1.54) is 4.31 Å². The summed E-state index contributed by atoms with van der Waals surface area (Å²) in [4.78, 5) is 12.0. The van der Waals surface area contributed by atoms with Gasteiger partial charge < -0.3 is 5.32 Å². The molecule has 0 bridgehead atoms. The summed E-state index contributed by atoms with van der Waals surface area (Å²) in [5.74, 6) is -0.0862. The van der Waals surface area contributed by atoms with E-state index in [1.54, 1.807) is 25.1 Å². The molecule has 0 unspecified atom stereocenters. The van der Waals surface area contributed by atoms with Crippen LogP contribution in [0.3, 0.4) is 0 Å². The zero-order valence-corrected chi connectivity index (χ0v) is 14.7. The van der Waals surface area contributed by atoms with E-state index in [4.69, 9.17) is 0 Å². The van der Waals surface area contributed by atoms with Gasteiger partial charge in [0.25, 0.3) is 0 Å². The zero-order chi connectivity index (χ0) is 16.8. The Hall–Kier alpha value is -1.40. The lowest BCUT2D eigenvalue weighted by Gasteiger charge is -2.20. The molecule has 0 atom stereocenters. The van der Waals surface area contributed by atoms with Gasteiger partial charge in [0.2, 0.25) is 15.9 Å². The van der Waals surface area contributed by atoms with Gasteiger partial charge in [-0.3, -0.25) is 4.79 Å². The maximum Gasteiger partial charge on any atom is 0.243 e. The van der Waals surface area contributed by atoms with E-state index in [9.17, 15) is 13.2 Å². The minimum Gasteiger partial charge on any atom is -0.326 e. The van der Waals surface area contributed by atoms with Crippen LogP contribution in [0, 0.1) is 6.92 Å². The van der Waals surface area contributed by atoms with E-state index >= 15 is 0 Å². The Labute approximate surface area is 133 Å². The SMILES string of the molecule is CCCCC(=O)Nc1ccc(C)c(S(=O)(=O)N(CC)CC)c1. The van der Waals surface area contributed by atoms with E-state index in [-0.39, 0.29) is 10.8 Å². The molecule has 1 rings (SSSR count). The first-order valence-electron chi connectivity index (χ1n) is 7.77. The van der Waals surface area contributed by atoms with Gasteiger partial charge in [0, 0.05) is 25.2 Å². The van der Waals surface area contributed by atoms with Gasteiger partial charge in [0.05, 0.1) is 4.90 Å². The van der Waals surface area contributed by atoms with Crippen LogP contribution in [0.4, 0.5) is 5.69 Å². The van der Waals surface area contributed by atoms with Crippen LogP contribution in [0.15, 0.2) is 23.1 Å². The number of sulfonamides is 1. The maximum absolute atomic E-state index is 12.6. The van der Waals surface area contributed by atoms with Gasteiger partial charge in [-0.15, -0.1) is 0 Å². The first kappa shape index (κ1) is 18.6. The Morgan fingerprint density at radius 3 is 2.36 bits per heavy atom. The average molecular weight is 326 g/mol. The molecule has 0 radical (unpaired) electrons. The number of hydrogen-bond acceptors (Lipinski definition) is 3. The van der Waals surface area contributed by atoms with Crippen molar-refractivity contribution >= 4 is 21.6 Å². The molecule has 0 saturated carbocycles. The normalized spacial score (nSPS) is 11.7. The van der Waals surface area contributed by atoms with Crippen molar-refractivity contribution in [1.82, 2.24) is 4.31 Å². The highest BCUT2D eigenvalue weighted by molar-refractivity contribution is 7.89. The number of nitrogens with zero attached hydrogens (tertiary/aromatic N) is 1. The summed E-state index contributed by atoms with van der Waals surface area (Å²) in [5, 5.41) is 2.77. The van der Waals surface area contributed by atoms with E-state index in [2.05, 4.69) is 5.32 Å². The highest BCUT2D eigenvalue weighted by atomic mass is 32.2. The number of rotatable bonds is 8. The fourth-order valence-electron chi connectivity index (χ4n) is 2.22. The predicted molar refractivity (Wildman–Crippen MR) is 89.4 cm³/mol. The molecule has 0 aromatic heterocycles. The molecule has 0 heterocycles. The van der Waals surface area contributed by atoms with E-state index in [1.807, 2.05) is 20.8 Å². The van der Waals surface area contributed by atoms with Crippen molar-refractivity contribution in [3.8, 4) is 0 Å². The number of nitrogens with one attached hydrogen (secondary N) is 1. The lowest BCUT2D eigenvalue weighted by atomic mass is 10.2. The van der Waals surface area contributed by atoms with Crippen LogP contribution in [0.2, 0.25) is 0 Å². The third kappa shape index (κ3) is 4.55. The summed E-state index contributed by atoms with van der Waals surface area (Å²) in [6.07, 6.45) is 2.22. The average Bonchev–Trinajstić information content (AvgIpc) is 2.48. The monoisotopic (exact) mass is 326 g/mol. The quantitative estimate of drug-likeness (QED) is 0.798. The second kappa shape index (κ2) is 8.29. The van der Waals surface area contributed by atoms with Crippen molar-refractivity contribution in [1.29, 1.82) is 0 Å². The Bertz CT molecular complexity index is 608. The lowest BCUT2D eigenvalue weighted by molar-refractivity contribution is -0.116. The number of carbonyl (C=O) groups excluding carboxylic acids is 1. The van der Waals surface area contributed by atoms with Crippen LogP contribution in [0.1, 0.15) is 45.6 Å². The van der Waals surface area contributed by atoms with Crippen molar-refractivity contribution in [2.45, 2.75) is 51.9 Å². The van der Waals surface area contributed by atoms with Crippen LogP contribution in [-0.4, -0.2) is 31.7 Å². The molecule has 0 aliphatic carbocycles. The van der Waals surface area contributed by atoms with Crippen LogP contribution in [0.25, 0.3) is 0 Å². The minimum atomic E-state index is -3.53. The van der Waals surface area contributed by atoms with Gasteiger partial charge in [-0.05, 0) is 31.0 Å². The second-order valence-electron chi connectivity index (χ2n) is 5.22. The molecule has 124 valence electrons. The number of carbonyl (C=O) groups is 1. The maximum atomic E-state index is 12.6. The fourth-order valence-corrected chi connectivity index (χ4v) is 3.93. The van der Waals surface area contributed by atoms with Gasteiger partial charge in [-0.25, -0.2) is 8.42 Å². The molecule has 22 heavy (non-hydrogen) atoms. The lowest BCUT2D eigenvalue weighted by Crippen LogP contribution is -2.31. The predicted octanol–water partition coefficient (Wildman–Crippen LogP) is 3.15. The topological polar surface area (TPSA) is 66.5 Å². The number of unbranched alkanes of at least 4 members (excludes halogenated alkanes) is 1. The van der Waals surface area contributed by atoms with Crippen molar-refractivity contribution in [3.63, 3.8) is 0 Å². The van der Waals surface area contributed by atoms with Gasteiger partial charge in [-0.1, -0.05) is 33.3 Å². The summed E-state index contributed by atoms with van der Waals surface area (Å²) in [6.45, 7) is 8.25. The zero-order valence-electron chi connectivity index (χ0n) is 13.8. The summed E-state index contributed by atoms with van der Waals surface area (Å²) >= 11 is 0. The molecule has 1 amide bonds. The molecule has 0 aliphatic heterocycles. The van der Waals surface area contributed by atoms with Crippen molar-refractivity contribution < 1.29 is 13.2 Å². The largest absolute Gasteiger partial charge is 0.326 e. The minimum absolute atomic E-state index is 0.0862. The molecule has 1 aromatic carbocycles. The second-order valence-corrected chi connectivity index (χ2v) is 7.13. The summed E-state index contributed by atoms with van der Waals surface area (Å²) in [5.41, 5.74) is 1.20. The molecule has 0 saturated heterocycles. The first-order valence-corrected chi connectivity index (χ1v) is 9.21. The Balaban J connectivity index is 3.07. The summed E-state index contributed by atoms with van der Waals surface area (Å²) < 4.78 is 26.7. The molecule has 5 nitrogen and oxygen atoms in total. The number of hydrogen-bond donors (Lipinski definition) is 1. The molecule has 0 spiro atoms. The van der Waals surface area contributed by atoms with Crippen molar-refractivity contribution in [3.05, 3.63) is 23.8 Å².